The molecular weight excluding hydrogens is 388 g/mol. The van der Waals surface area contributed by atoms with E-state index in [1.165, 1.54) is 11.4 Å². The van der Waals surface area contributed by atoms with E-state index in [9.17, 15) is 13.2 Å². The van der Waals surface area contributed by atoms with Crippen LogP contribution in [-0.2, 0) is 16.6 Å². The highest BCUT2D eigenvalue weighted by molar-refractivity contribution is 7.89. The van der Waals surface area contributed by atoms with Crippen LogP contribution < -0.4 is 4.74 Å². The second-order valence-electron chi connectivity index (χ2n) is 7.31. The first kappa shape index (κ1) is 21.3. The van der Waals surface area contributed by atoms with Gasteiger partial charge in [0.1, 0.15) is 5.75 Å². The summed E-state index contributed by atoms with van der Waals surface area (Å²) in [5.41, 5.74) is 1.23. The summed E-state index contributed by atoms with van der Waals surface area (Å²) in [7, 11) is -0.563. The zero-order valence-corrected chi connectivity index (χ0v) is 17.8. The fraction of sp³-hybridized carbons (Fsp3) is 0.409. The van der Waals surface area contributed by atoms with Crippen molar-refractivity contribution in [3.05, 3.63) is 59.7 Å². The SMILES string of the molecule is COc1ccc(C(=O)N2CCCCCC2)cc1CN(C)S(=O)(=O)c1ccccc1. The third-order valence-corrected chi connectivity index (χ3v) is 7.08. The third kappa shape index (κ3) is 4.97. The lowest BCUT2D eigenvalue weighted by Gasteiger charge is -2.22. The second kappa shape index (κ2) is 9.41. The Morgan fingerprint density at radius 3 is 2.31 bits per heavy atom. The molecule has 0 saturated carbocycles. The molecule has 1 fully saturated rings. The molecule has 156 valence electrons. The molecule has 0 aliphatic carbocycles. The lowest BCUT2D eigenvalue weighted by Crippen LogP contribution is -2.32. The summed E-state index contributed by atoms with van der Waals surface area (Å²) in [6.07, 6.45) is 4.35. The van der Waals surface area contributed by atoms with E-state index in [4.69, 9.17) is 4.74 Å². The Morgan fingerprint density at radius 1 is 1.03 bits per heavy atom. The summed E-state index contributed by atoms with van der Waals surface area (Å²) in [5, 5.41) is 0. The van der Waals surface area contributed by atoms with Crippen LogP contribution in [0.5, 0.6) is 5.75 Å². The fourth-order valence-electron chi connectivity index (χ4n) is 3.59. The zero-order chi connectivity index (χ0) is 20.9. The van der Waals surface area contributed by atoms with E-state index in [1.54, 1.807) is 55.6 Å². The monoisotopic (exact) mass is 416 g/mol. The Bertz CT molecular complexity index is 937. The van der Waals surface area contributed by atoms with Crippen LogP contribution in [0.4, 0.5) is 0 Å². The minimum absolute atomic E-state index is 0.00984. The van der Waals surface area contributed by atoms with Crippen LogP contribution in [0.3, 0.4) is 0 Å². The van der Waals surface area contributed by atoms with Gasteiger partial charge < -0.3 is 9.64 Å². The maximum absolute atomic E-state index is 13.0. The van der Waals surface area contributed by atoms with Crippen molar-refractivity contribution in [3.8, 4) is 5.75 Å². The van der Waals surface area contributed by atoms with Crippen molar-refractivity contribution < 1.29 is 17.9 Å². The largest absolute Gasteiger partial charge is 0.496 e. The van der Waals surface area contributed by atoms with Crippen LogP contribution in [0, 0.1) is 0 Å². The minimum Gasteiger partial charge on any atom is -0.496 e. The maximum Gasteiger partial charge on any atom is 0.253 e. The summed E-state index contributed by atoms with van der Waals surface area (Å²) in [6, 6.07) is 13.6. The molecule has 0 spiro atoms. The van der Waals surface area contributed by atoms with Crippen LogP contribution in [0.25, 0.3) is 0 Å². The van der Waals surface area contributed by atoms with Crippen molar-refractivity contribution in [2.45, 2.75) is 37.1 Å². The number of sulfonamides is 1. The molecule has 1 aliphatic heterocycles. The molecule has 0 N–H and O–H groups in total. The summed E-state index contributed by atoms with van der Waals surface area (Å²) in [5.74, 6) is 0.553. The molecule has 0 unspecified atom stereocenters. The van der Waals surface area contributed by atoms with Crippen molar-refractivity contribution in [2.75, 3.05) is 27.2 Å². The molecule has 29 heavy (non-hydrogen) atoms. The summed E-state index contributed by atoms with van der Waals surface area (Å²) >= 11 is 0. The molecule has 7 heteroatoms. The highest BCUT2D eigenvalue weighted by atomic mass is 32.2. The molecule has 1 amide bonds. The van der Waals surface area contributed by atoms with Gasteiger partial charge in [-0.1, -0.05) is 31.0 Å². The Hall–Kier alpha value is -2.38. The molecule has 1 saturated heterocycles. The highest BCUT2D eigenvalue weighted by Crippen LogP contribution is 2.25. The van der Waals surface area contributed by atoms with Crippen molar-refractivity contribution in [2.24, 2.45) is 0 Å². The van der Waals surface area contributed by atoms with Gasteiger partial charge in [-0.15, -0.1) is 0 Å². The first-order valence-electron chi connectivity index (χ1n) is 9.91. The van der Waals surface area contributed by atoms with Crippen molar-refractivity contribution in [3.63, 3.8) is 0 Å². The fourth-order valence-corrected chi connectivity index (χ4v) is 4.76. The summed E-state index contributed by atoms with van der Waals surface area (Å²) in [6.45, 7) is 1.65. The number of rotatable bonds is 6. The van der Waals surface area contributed by atoms with Gasteiger partial charge in [0.25, 0.3) is 5.91 Å². The quantitative estimate of drug-likeness (QED) is 0.723. The molecule has 2 aromatic carbocycles. The van der Waals surface area contributed by atoms with Gasteiger partial charge in [0.15, 0.2) is 0 Å². The van der Waals surface area contributed by atoms with Crippen molar-refractivity contribution in [1.82, 2.24) is 9.21 Å². The maximum atomic E-state index is 13.0. The smallest absolute Gasteiger partial charge is 0.253 e. The Balaban J connectivity index is 1.84. The predicted octanol–water partition coefficient (Wildman–Crippen LogP) is 3.53. The van der Waals surface area contributed by atoms with E-state index in [0.717, 1.165) is 38.8 Å². The lowest BCUT2D eigenvalue weighted by molar-refractivity contribution is 0.0761. The number of nitrogens with zero attached hydrogens (tertiary/aromatic N) is 2. The molecular formula is C22H28N2O4S. The van der Waals surface area contributed by atoms with Crippen LogP contribution in [0.15, 0.2) is 53.4 Å². The van der Waals surface area contributed by atoms with E-state index in [0.29, 0.717) is 16.9 Å². The predicted molar refractivity (Wildman–Crippen MR) is 112 cm³/mol. The number of amides is 1. The van der Waals surface area contributed by atoms with Crippen LogP contribution in [-0.4, -0.2) is 50.8 Å². The Morgan fingerprint density at radius 2 is 1.69 bits per heavy atom. The van der Waals surface area contributed by atoms with Gasteiger partial charge in [0, 0.05) is 37.8 Å². The summed E-state index contributed by atoms with van der Waals surface area (Å²) in [4.78, 5) is 15.1. The van der Waals surface area contributed by atoms with Gasteiger partial charge in [-0.25, -0.2) is 8.42 Å². The van der Waals surface area contributed by atoms with Crippen LogP contribution in [0.1, 0.15) is 41.6 Å². The topological polar surface area (TPSA) is 66.9 Å². The number of carbonyl (C=O) groups excluding carboxylic acids is 1. The molecule has 0 bridgehead atoms. The lowest BCUT2D eigenvalue weighted by atomic mass is 10.1. The average molecular weight is 417 g/mol. The average Bonchev–Trinajstić information content (AvgIpc) is 3.03. The molecule has 0 atom stereocenters. The van der Waals surface area contributed by atoms with Crippen LogP contribution in [0.2, 0.25) is 0 Å². The van der Waals surface area contributed by atoms with E-state index in [-0.39, 0.29) is 17.3 Å². The second-order valence-corrected chi connectivity index (χ2v) is 9.35. The van der Waals surface area contributed by atoms with Gasteiger partial charge in [-0.2, -0.15) is 4.31 Å². The van der Waals surface area contributed by atoms with Crippen molar-refractivity contribution >= 4 is 15.9 Å². The molecule has 3 rings (SSSR count). The van der Waals surface area contributed by atoms with E-state index in [1.807, 2.05) is 4.90 Å². The summed E-state index contributed by atoms with van der Waals surface area (Å²) < 4.78 is 32.4. The standard InChI is InChI=1S/C22H28N2O4S/c1-23(29(26,27)20-10-6-5-7-11-20)17-19-16-18(12-13-21(19)28-2)22(25)24-14-8-3-4-9-15-24/h5-7,10-13,16H,3-4,8-9,14-15,17H2,1-2H3. The van der Waals surface area contributed by atoms with E-state index >= 15 is 0 Å². The third-order valence-electron chi connectivity index (χ3n) is 5.27. The first-order chi connectivity index (χ1) is 13.9. The van der Waals surface area contributed by atoms with Crippen LogP contribution >= 0.6 is 0 Å². The molecule has 2 aromatic rings. The number of likely N-dealkylation sites (tertiary alicyclic amines) is 1. The molecule has 1 aliphatic rings. The number of methoxy groups -OCH3 is 1. The first-order valence-corrected chi connectivity index (χ1v) is 11.3. The number of hydrogen-bond donors (Lipinski definition) is 0. The zero-order valence-electron chi connectivity index (χ0n) is 17.0. The normalized spacial score (nSPS) is 15.2. The van der Waals surface area contributed by atoms with Gasteiger partial charge in [-0.05, 0) is 43.2 Å². The molecule has 0 radical (unpaired) electrons. The van der Waals surface area contributed by atoms with Gasteiger partial charge >= 0.3 is 0 Å². The molecule has 6 nitrogen and oxygen atoms in total. The number of benzene rings is 2. The van der Waals surface area contributed by atoms with Gasteiger partial charge in [0.05, 0.1) is 12.0 Å². The van der Waals surface area contributed by atoms with Crippen molar-refractivity contribution in [1.29, 1.82) is 0 Å². The van der Waals surface area contributed by atoms with E-state index in [2.05, 4.69) is 0 Å². The highest BCUT2D eigenvalue weighted by Gasteiger charge is 2.23. The minimum atomic E-state index is -3.64. The Labute approximate surface area is 173 Å². The Kier molecular flexibility index (Phi) is 6.92. The number of ether oxygens (including phenoxy) is 1. The van der Waals surface area contributed by atoms with E-state index < -0.39 is 10.0 Å². The number of hydrogen-bond acceptors (Lipinski definition) is 4. The van der Waals surface area contributed by atoms with Gasteiger partial charge in [-0.3, -0.25) is 4.79 Å². The molecule has 1 heterocycles. The number of carbonyl (C=O) groups is 1. The molecule has 0 aromatic heterocycles. The van der Waals surface area contributed by atoms with Gasteiger partial charge in [0.2, 0.25) is 10.0 Å².